The topological polar surface area (TPSA) is 97.4 Å². The Bertz CT molecular complexity index is 830. The molecule has 2 aromatic carbocycles. The molecule has 0 aliphatic carbocycles. The van der Waals surface area contributed by atoms with E-state index in [4.69, 9.17) is 9.47 Å². The molecular formula is C19H21N3O5. The highest BCUT2D eigenvalue weighted by Crippen LogP contribution is 2.34. The summed E-state index contributed by atoms with van der Waals surface area (Å²) in [6.07, 6.45) is 1.40. The van der Waals surface area contributed by atoms with E-state index in [2.05, 4.69) is 9.89 Å². The summed E-state index contributed by atoms with van der Waals surface area (Å²) in [5.74, 6) is -0.105. The number of aromatic hydroxyl groups is 1. The van der Waals surface area contributed by atoms with Crippen LogP contribution in [0.3, 0.4) is 0 Å². The van der Waals surface area contributed by atoms with Crippen molar-refractivity contribution >= 4 is 23.3 Å². The van der Waals surface area contributed by atoms with Crippen LogP contribution in [0.15, 0.2) is 41.4 Å². The lowest BCUT2D eigenvalue weighted by Gasteiger charge is -2.28. The average molecular weight is 371 g/mol. The predicted molar refractivity (Wildman–Crippen MR) is 103 cm³/mol. The highest BCUT2D eigenvalue weighted by Gasteiger charge is 2.16. The van der Waals surface area contributed by atoms with E-state index in [-0.39, 0.29) is 29.4 Å². The van der Waals surface area contributed by atoms with Crippen molar-refractivity contribution in [2.75, 3.05) is 37.8 Å². The van der Waals surface area contributed by atoms with Gasteiger partial charge in [0.15, 0.2) is 11.5 Å². The number of morpholine rings is 1. The van der Waals surface area contributed by atoms with Crippen LogP contribution in [-0.4, -0.2) is 49.2 Å². The lowest BCUT2D eigenvalue weighted by atomic mass is 10.1. The van der Waals surface area contributed by atoms with Crippen LogP contribution >= 0.6 is 0 Å². The third-order valence-electron chi connectivity index (χ3n) is 4.18. The number of aliphatic imine (C=N–C) groups is 1. The number of hydrogen-bond acceptors (Lipinski definition) is 7. The summed E-state index contributed by atoms with van der Waals surface area (Å²) in [5.41, 5.74) is 1.83. The second-order valence-corrected chi connectivity index (χ2v) is 5.95. The fourth-order valence-electron chi connectivity index (χ4n) is 2.80. The number of benzene rings is 2. The lowest BCUT2D eigenvalue weighted by molar-refractivity contribution is -0.385. The largest absolute Gasteiger partial charge is 0.504 e. The van der Waals surface area contributed by atoms with Crippen LogP contribution in [-0.2, 0) is 4.74 Å². The third kappa shape index (κ3) is 4.53. The second kappa shape index (κ2) is 8.50. The molecule has 0 amide bonds. The molecule has 0 aromatic heterocycles. The number of nitro benzene ring substituents is 1. The zero-order chi connectivity index (χ0) is 19.2. The number of anilines is 1. The molecule has 1 fully saturated rings. The molecule has 3 rings (SSSR count). The van der Waals surface area contributed by atoms with Gasteiger partial charge in [0.2, 0.25) is 0 Å². The molecule has 1 saturated heterocycles. The number of non-ortho nitro benzene ring substituents is 1. The SMILES string of the molecule is CCOc1cc([N+](=O)[O-])cc(C=Nc2ccc(N3CCOCC3)cc2)c1O. The van der Waals surface area contributed by atoms with Crippen molar-refractivity contribution in [3.05, 3.63) is 52.1 Å². The first-order valence-corrected chi connectivity index (χ1v) is 8.69. The van der Waals surface area contributed by atoms with E-state index < -0.39 is 4.92 Å². The Morgan fingerprint density at radius 1 is 1.30 bits per heavy atom. The summed E-state index contributed by atoms with van der Waals surface area (Å²) in [5, 5.41) is 21.4. The van der Waals surface area contributed by atoms with Crippen LogP contribution < -0.4 is 9.64 Å². The van der Waals surface area contributed by atoms with E-state index in [1.165, 1.54) is 18.3 Å². The number of ether oxygens (including phenoxy) is 2. The van der Waals surface area contributed by atoms with Gasteiger partial charge < -0.3 is 19.5 Å². The molecule has 0 radical (unpaired) electrons. The first kappa shape index (κ1) is 18.7. The molecule has 0 bridgehead atoms. The Labute approximate surface area is 156 Å². The van der Waals surface area contributed by atoms with Crippen molar-refractivity contribution in [2.24, 2.45) is 4.99 Å². The molecule has 1 aliphatic heterocycles. The molecule has 0 spiro atoms. The van der Waals surface area contributed by atoms with Crippen LogP contribution in [0.25, 0.3) is 0 Å². The molecule has 2 aromatic rings. The monoisotopic (exact) mass is 371 g/mol. The van der Waals surface area contributed by atoms with Gasteiger partial charge in [0.25, 0.3) is 5.69 Å². The highest BCUT2D eigenvalue weighted by molar-refractivity contribution is 5.88. The summed E-state index contributed by atoms with van der Waals surface area (Å²) in [7, 11) is 0. The Balaban J connectivity index is 1.81. The van der Waals surface area contributed by atoms with Gasteiger partial charge in [-0.05, 0) is 31.2 Å². The summed E-state index contributed by atoms with van der Waals surface area (Å²) in [4.78, 5) is 17.1. The van der Waals surface area contributed by atoms with Crippen molar-refractivity contribution in [2.45, 2.75) is 6.92 Å². The Morgan fingerprint density at radius 3 is 2.63 bits per heavy atom. The minimum Gasteiger partial charge on any atom is -0.504 e. The standard InChI is InChI=1S/C19H21N3O5/c1-2-27-18-12-17(22(24)25)11-14(19(18)23)13-20-15-3-5-16(6-4-15)21-7-9-26-10-8-21/h3-6,11-13,23H,2,7-10H2,1H3. The molecule has 8 heteroatoms. The van der Waals surface area contributed by atoms with Gasteiger partial charge in [0.05, 0.1) is 36.5 Å². The van der Waals surface area contributed by atoms with E-state index in [0.29, 0.717) is 18.9 Å². The van der Waals surface area contributed by atoms with Crippen LogP contribution in [0.5, 0.6) is 11.5 Å². The molecule has 1 aliphatic rings. The minimum atomic E-state index is -0.531. The molecular weight excluding hydrogens is 350 g/mol. The number of rotatable bonds is 6. The van der Waals surface area contributed by atoms with E-state index in [0.717, 1.165) is 18.8 Å². The van der Waals surface area contributed by atoms with E-state index >= 15 is 0 Å². The fourth-order valence-corrected chi connectivity index (χ4v) is 2.80. The normalized spacial score (nSPS) is 14.5. The number of phenolic OH excluding ortho intramolecular Hbond substituents is 1. The van der Waals surface area contributed by atoms with Crippen molar-refractivity contribution in [1.82, 2.24) is 0 Å². The predicted octanol–water partition coefficient (Wildman–Crippen LogP) is 3.29. The first-order valence-electron chi connectivity index (χ1n) is 8.69. The first-order chi connectivity index (χ1) is 13.1. The van der Waals surface area contributed by atoms with E-state index in [1.807, 2.05) is 24.3 Å². The number of hydrogen-bond donors (Lipinski definition) is 1. The summed E-state index contributed by atoms with van der Waals surface area (Å²) >= 11 is 0. The van der Waals surface area contributed by atoms with Gasteiger partial charge in [-0.3, -0.25) is 15.1 Å². The Kier molecular flexibility index (Phi) is 5.87. The molecule has 0 atom stereocenters. The maximum absolute atomic E-state index is 11.1. The zero-order valence-electron chi connectivity index (χ0n) is 15.0. The van der Waals surface area contributed by atoms with Crippen LogP contribution in [0, 0.1) is 10.1 Å². The molecule has 8 nitrogen and oxygen atoms in total. The summed E-state index contributed by atoms with van der Waals surface area (Å²) < 4.78 is 10.6. The van der Waals surface area contributed by atoms with Gasteiger partial charge in [0, 0.05) is 36.6 Å². The third-order valence-corrected chi connectivity index (χ3v) is 4.18. The highest BCUT2D eigenvalue weighted by atomic mass is 16.6. The minimum absolute atomic E-state index is 0.0656. The summed E-state index contributed by atoms with van der Waals surface area (Å²) in [6.45, 7) is 5.16. The van der Waals surface area contributed by atoms with Gasteiger partial charge in [-0.1, -0.05) is 0 Å². The molecule has 1 heterocycles. The van der Waals surface area contributed by atoms with Gasteiger partial charge in [-0.15, -0.1) is 0 Å². The van der Waals surface area contributed by atoms with E-state index in [9.17, 15) is 15.2 Å². The molecule has 1 N–H and O–H groups in total. The van der Waals surface area contributed by atoms with Crippen molar-refractivity contribution in [3.63, 3.8) is 0 Å². The number of nitro groups is 1. The van der Waals surface area contributed by atoms with Crippen LogP contribution in [0.4, 0.5) is 17.1 Å². The second-order valence-electron chi connectivity index (χ2n) is 5.95. The number of phenols is 1. The Hall–Kier alpha value is -3.13. The van der Waals surface area contributed by atoms with Gasteiger partial charge in [-0.25, -0.2) is 0 Å². The van der Waals surface area contributed by atoms with Crippen molar-refractivity contribution < 1.29 is 19.5 Å². The van der Waals surface area contributed by atoms with Gasteiger partial charge in [-0.2, -0.15) is 0 Å². The van der Waals surface area contributed by atoms with Gasteiger partial charge >= 0.3 is 0 Å². The maximum Gasteiger partial charge on any atom is 0.274 e. The quantitative estimate of drug-likeness (QED) is 0.475. The lowest BCUT2D eigenvalue weighted by Crippen LogP contribution is -2.36. The van der Waals surface area contributed by atoms with Crippen LogP contribution in [0.1, 0.15) is 12.5 Å². The zero-order valence-corrected chi connectivity index (χ0v) is 15.0. The van der Waals surface area contributed by atoms with Gasteiger partial charge in [0.1, 0.15) is 0 Å². The average Bonchev–Trinajstić information content (AvgIpc) is 2.69. The summed E-state index contributed by atoms with van der Waals surface area (Å²) in [6, 6.07) is 10.1. The Morgan fingerprint density at radius 2 is 2.00 bits per heavy atom. The van der Waals surface area contributed by atoms with Crippen LogP contribution in [0.2, 0.25) is 0 Å². The fraction of sp³-hybridized carbons (Fsp3) is 0.316. The smallest absolute Gasteiger partial charge is 0.274 e. The molecule has 142 valence electrons. The van der Waals surface area contributed by atoms with Crippen molar-refractivity contribution in [3.8, 4) is 11.5 Å². The molecule has 0 unspecified atom stereocenters. The maximum atomic E-state index is 11.1. The number of nitrogens with zero attached hydrogens (tertiary/aromatic N) is 3. The van der Waals surface area contributed by atoms with E-state index in [1.54, 1.807) is 6.92 Å². The molecule has 27 heavy (non-hydrogen) atoms. The van der Waals surface area contributed by atoms with Crippen molar-refractivity contribution in [1.29, 1.82) is 0 Å². The molecule has 0 saturated carbocycles.